The predicted octanol–water partition coefficient (Wildman–Crippen LogP) is 3.20. The Bertz CT molecular complexity index is 747. The van der Waals surface area contributed by atoms with Gasteiger partial charge in [-0.3, -0.25) is 9.59 Å². The Kier molecular flexibility index (Phi) is 5.15. The molecule has 6 nitrogen and oxygen atoms in total. The number of carbonyl (C=O) groups is 2. The van der Waals surface area contributed by atoms with Crippen molar-refractivity contribution in [3.63, 3.8) is 0 Å². The lowest BCUT2D eigenvalue weighted by molar-refractivity contribution is -0.119. The monoisotopic (exact) mass is 410 g/mol. The lowest BCUT2D eigenvalue weighted by atomic mass is 10.2. The maximum atomic E-state index is 12.5. The number of thioether (sulfide) groups is 1. The number of rotatable bonds is 4. The quantitative estimate of drug-likeness (QED) is 0.837. The maximum absolute atomic E-state index is 12.5. The molecule has 1 N–H and O–H groups in total. The van der Waals surface area contributed by atoms with Crippen molar-refractivity contribution in [1.82, 2.24) is 4.90 Å². The number of furan rings is 1. The smallest absolute Gasteiger partial charge is 0.291 e. The van der Waals surface area contributed by atoms with E-state index in [0.717, 1.165) is 0 Å². The Morgan fingerprint density at radius 3 is 2.67 bits per heavy atom. The molecule has 2 heterocycles. The molecule has 2 amide bonds. The summed E-state index contributed by atoms with van der Waals surface area (Å²) in [6.45, 7) is 0. The fraction of sp³-hybridized carbons (Fsp3) is 0.250. The number of hydrogen-bond acceptors (Lipinski definition) is 5. The number of hydrogen-bond donors (Lipinski definition) is 1. The highest BCUT2D eigenvalue weighted by Gasteiger charge is 2.36. The van der Waals surface area contributed by atoms with Gasteiger partial charge in [0, 0.05) is 11.4 Å². The second-order valence-electron chi connectivity index (χ2n) is 5.11. The number of carbonyl (C=O) groups excluding carboxylic acids is 2. The summed E-state index contributed by atoms with van der Waals surface area (Å²) in [6.07, 6.45) is 0. The van der Waals surface area contributed by atoms with Gasteiger partial charge in [-0.1, -0.05) is 0 Å². The zero-order valence-corrected chi connectivity index (χ0v) is 15.2. The van der Waals surface area contributed by atoms with Crippen LogP contribution in [0.3, 0.4) is 0 Å². The number of anilines is 1. The van der Waals surface area contributed by atoms with E-state index in [2.05, 4.69) is 21.2 Å². The summed E-state index contributed by atoms with van der Waals surface area (Å²) < 4.78 is 10.9. The molecule has 3 rings (SSSR count). The van der Waals surface area contributed by atoms with Crippen LogP contribution in [-0.2, 0) is 4.79 Å². The van der Waals surface area contributed by atoms with Gasteiger partial charge in [-0.15, -0.1) is 11.8 Å². The molecule has 2 aromatic rings. The number of ether oxygens (including phenoxy) is 1. The molecule has 0 saturated carbocycles. The normalized spacial score (nSPS) is 16.9. The van der Waals surface area contributed by atoms with Crippen molar-refractivity contribution in [3.8, 4) is 5.75 Å². The van der Waals surface area contributed by atoms with Crippen molar-refractivity contribution in [2.45, 2.75) is 6.04 Å². The summed E-state index contributed by atoms with van der Waals surface area (Å²) in [4.78, 5) is 26.6. The highest BCUT2D eigenvalue weighted by molar-refractivity contribution is 9.10. The van der Waals surface area contributed by atoms with Gasteiger partial charge in [0.2, 0.25) is 5.91 Å². The third-order valence-corrected chi connectivity index (χ3v) is 5.03. The van der Waals surface area contributed by atoms with Gasteiger partial charge in [0.25, 0.3) is 5.91 Å². The third kappa shape index (κ3) is 3.59. The first-order valence-electron chi connectivity index (χ1n) is 7.17. The third-order valence-electron chi connectivity index (χ3n) is 3.59. The summed E-state index contributed by atoms with van der Waals surface area (Å²) in [6, 6.07) is 9.76. The molecule has 0 aliphatic carbocycles. The lowest BCUT2D eigenvalue weighted by Crippen LogP contribution is -2.44. The van der Waals surface area contributed by atoms with E-state index < -0.39 is 6.04 Å². The molecule has 1 aromatic heterocycles. The van der Waals surface area contributed by atoms with Crippen LogP contribution in [0, 0.1) is 0 Å². The zero-order chi connectivity index (χ0) is 17.1. The van der Waals surface area contributed by atoms with E-state index in [1.807, 2.05) is 0 Å². The second kappa shape index (κ2) is 7.31. The molecule has 8 heteroatoms. The Morgan fingerprint density at radius 1 is 1.29 bits per heavy atom. The average molecular weight is 411 g/mol. The average Bonchev–Trinajstić information content (AvgIpc) is 3.24. The first kappa shape index (κ1) is 16.9. The van der Waals surface area contributed by atoms with Crippen LogP contribution in [-0.4, -0.2) is 41.5 Å². The molecule has 1 fully saturated rings. The minimum atomic E-state index is -0.534. The van der Waals surface area contributed by atoms with Gasteiger partial charge in [0.15, 0.2) is 10.4 Å². The van der Waals surface area contributed by atoms with Crippen molar-refractivity contribution < 1.29 is 18.7 Å². The van der Waals surface area contributed by atoms with E-state index in [-0.39, 0.29) is 17.6 Å². The molecule has 1 aromatic carbocycles. The number of nitrogens with zero attached hydrogens (tertiary/aromatic N) is 1. The summed E-state index contributed by atoms with van der Waals surface area (Å²) >= 11 is 4.71. The maximum Gasteiger partial charge on any atom is 0.291 e. The number of halogens is 1. The highest BCUT2D eigenvalue weighted by Crippen LogP contribution is 2.26. The standard InChI is InChI=1S/C16H15BrN2O4S/c1-22-11-4-2-10(3-5-11)18-15(20)12-8-24-9-19(12)16(21)13-6-7-14(17)23-13/h2-7,12H,8-9H2,1H3,(H,18,20). The number of nitrogens with one attached hydrogen (secondary N) is 1. The van der Waals surface area contributed by atoms with Gasteiger partial charge in [-0.25, -0.2) is 0 Å². The Morgan fingerprint density at radius 2 is 2.04 bits per heavy atom. The first-order chi connectivity index (χ1) is 11.6. The van der Waals surface area contributed by atoms with Crippen LogP contribution in [0.25, 0.3) is 0 Å². The topological polar surface area (TPSA) is 71.8 Å². The number of benzene rings is 1. The zero-order valence-electron chi connectivity index (χ0n) is 12.8. The molecule has 126 valence electrons. The van der Waals surface area contributed by atoms with Crippen LogP contribution in [0.1, 0.15) is 10.6 Å². The fourth-order valence-electron chi connectivity index (χ4n) is 2.33. The van der Waals surface area contributed by atoms with Crippen molar-refractivity contribution >= 4 is 45.2 Å². The van der Waals surface area contributed by atoms with Crippen molar-refractivity contribution in [2.24, 2.45) is 0 Å². The first-order valence-corrected chi connectivity index (χ1v) is 9.12. The lowest BCUT2D eigenvalue weighted by Gasteiger charge is -2.22. The van der Waals surface area contributed by atoms with E-state index in [9.17, 15) is 9.59 Å². The molecular formula is C16H15BrN2O4S. The summed E-state index contributed by atoms with van der Waals surface area (Å²) in [5, 5.41) is 2.84. The molecule has 1 unspecified atom stereocenters. The van der Waals surface area contributed by atoms with Crippen LogP contribution in [0.5, 0.6) is 5.75 Å². The molecule has 24 heavy (non-hydrogen) atoms. The fourth-order valence-corrected chi connectivity index (χ4v) is 3.79. The summed E-state index contributed by atoms with van der Waals surface area (Å²) in [7, 11) is 1.58. The summed E-state index contributed by atoms with van der Waals surface area (Å²) in [5.74, 6) is 1.42. The van der Waals surface area contributed by atoms with Gasteiger partial charge in [0.05, 0.1) is 13.0 Å². The molecule has 0 bridgehead atoms. The SMILES string of the molecule is COc1ccc(NC(=O)C2CSCN2C(=O)c2ccc(Br)o2)cc1. The predicted molar refractivity (Wildman–Crippen MR) is 95.3 cm³/mol. The molecule has 0 radical (unpaired) electrons. The van der Waals surface area contributed by atoms with Crippen molar-refractivity contribution in [2.75, 3.05) is 24.1 Å². The van der Waals surface area contributed by atoms with Gasteiger partial charge in [-0.05, 0) is 52.3 Å². The van der Waals surface area contributed by atoms with E-state index in [1.165, 1.54) is 16.7 Å². The molecular weight excluding hydrogens is 396 g/mol. The van der Waals surface area contributed by atoms with Crippen molar-refractivity contribution in [1.29, 1.82) is 0 Å². The minimum absolute atomic E-state index is 0.214. The van der Waals surface area contributed by atoms with Crippen LogP contribution in [0.2, 0.25) is 0 Å². The van der Waals surface area contributed by atoms with E-state index >= 15 is 0 Å². The molecule has 0 spiro atoms. The Balaban J connectivity index is 1.69. The van der Waals surface area contributed by atoms with Gasteiger partial charge < -0.3 is 19.4 Å². The molecule has 1 saturated heterocycles. The molecule has 1 atom stereocenters. The highest BCUT2D eigenvalue weighted by atomic mass is 79.9. The van der Waals surface area contributed by atoms with Crippen LogP contribution >= 0.6 is 27.7 Å². The molecule has 1 aliphatic heterocycles. The van der Waals surface area contributed by atoms with Crippen LogP contribution in [0.4, 0.5) is 5.69 Å². The second-order valence-corrected chi connectivity index (χ2v) is 6.89. The largest absolute Gasteiger partial charge is 0.497 e. The minimum Gasteiger partial charge on any atom is -0.497 e. The number of methoxy groups -OCH3 is 1. The Hall–Kier alpha value is -1.93. The van der Waals surface area contributed by atoms with Crippen molar-refractivity contribution in [3.05, 3.63) is 46.8 Å². The van der Waals surface area contributed by atoms with E-state index in [0.29, 0.717) is 27.7 Å². The van der Waals surface area contributed by atoms with Gasteiger partial charge in [-0.2, -0.15) is 0 Å². The van der Waals surface area contributed by atoms with Gasteiger partial charge >= 0.3 is 0 Å². The summed E-state index contributed by atoms with van der Waals surface area (Å²) in [5.41, 5.74) is 0.658. The molecule has 1 aliphatic rings. The van der Waals surface area contributed by atoms with E-state index in [1.54, 1.807) is 43.5 Å². The number of amides is 2. The Labute approximate surface area is 151 Å². The van der Waals surface area contributed by atoms with E-state index in [4.69, 9.17) is 9.15 Å². The van der Waals surface area contributed by atoms with Crippen LogP contribution in [0.15, 0.2) is 45.5 Å². The van der Waals surface area contributed by atoms with Gasteiger partial charge in [0.1, 0.15) is 11.8 Å². The van der Waals surface area contributed by atoms with Crippen LogP contribution < -0.4 is 10.1 Å².